The first-order valence-electron chi connectivity index (χ1n) is 6.98. The van der Waals surface area contributed by atoms with Crippen LogP contribution in [0.1, 0.15) is 41.4 Å². The van der Waals surface area contributed by atoms with Crippen molar-refractivity contribution in [2.45, 2.75) is 25.2 Å². The SMILES string of the molecule is COC(=O)c1cnc(C2CCN(CCCO)CC2)cn1. The van der Waals surface area contributed by atoms with Crippen LogP contribution in [0.2, 0.25) is 0 Å². The number of methoxy groups -OCH3 is 1. The van der Waals surface area contributed by atoms with E-state index in [9.17, 15) is 4.79 Å². The molecule has 0 aliphatic carbocycles. The zero-order valence-electron chi connectivity index (χ0n) is 11.8. The average Bonchev–Trinajstić information content (AvgIpc) is 2.53. The van der Waals surface area contributed by atoms with Gasteiger partial charge in [-0.05, 0) is 32.4 Å². The lowest BCUT2D eigenvalue weighted by atomic mass is 9.93. The smallest absolute Gasteiger partial charge is 0.358 e. The van der Waals surface area contributed by atoms with Gasteiger partial charge in [-0.3, -0.25) is 4.98 Å². The van der Waals surface area contributed by atoms with Crippen molar-refractivity contribution >= 4 is 5.97 Å². The van der Waals surface area contributed by atoms with Crippen molar-refractivity contribution in [2.24, 2.45) is 0 Å². The maximum atomic E-state index is 11.3. The summed E-state index contributed by atoms with van der Waals surface area (Å²) in [5, 5.41) is 8.84. The van der Waals surface area contributed by atoms with E-state index in [1.807, 2.05) is 0 Å². The lowest BCUT2D eigenvalue weighted by Crippen LogP contribution is -2.34. The maximum Gasteiger partial charge on any atom is 0.358 e. The number of carbonyl (C=O) groups is 1. The largest absolute Gasteiger partial charge is 0.464 e. The lowest BCUT2D eigenvalue weighted by molar-refractivity contribution is 0.0593. The number of hydrogen-bond acceptors (Lipinski definition) is 6. The van der Waals surface area contributed by atoms with E-state index in [4.69, 9.17) is 5.11 Å². The molecule has 20 heavy (non-hydrogen) atoms. The van der Waals surface area contributed by atoms with Gasteiger partial charge in [0.15, 0.2) is 5.69 Å². The van der Waals surface area contributed by atoms with Crippen molar-refractivity contribution in [3.05, 3.63) is 23.8 Å². The molecule has 0 radical (unpaired) electrons. The van der Waals surface area contributed by atoms with E-state index >= 15 is 0 Å². The monoisotopic (exact) mass is 279 g/mol. The third-order valence-corrected chi connectivity index (χ3v) is 3.70. The molecule has 6 heteroatoms. The zero-order valence-corrected chi connectivity index (χ0v) is 11.8. The first kappa shape index (κ1) is 14.9. The van der Waals surface area contributed by atoms with E-state index in [0.29, 0.717) is 5.92 Å². The number of piperidine rings is 1. The highest BCUT2D eigenvalue weighted by Crippen LogP contribution is 2.26. The Morgan fingerprint density at radius 2 is 2.15 bits per heavy atom. The van der Waals surface area contributed by atoms with Gasteiger partial charge in [0.25, 0.3) is 0 Å². The number of hydrogen-bond donors (Lipinski definition) is 1. The highest BCUT2D eigenvalue weighted by atomic mass is 16.5. The molecule has 1 saturated heterocycles. The normalized spacial score (nSPS) is 17.1. The number of likely N-dealkylation sites (tertiary alicyclic amines) is 1. The third kappa shape index (κ3) is 3.74. The molecule has 1 aromatic rings. The van der Waals surface area contributed by atoms with Gasteiger partial charge in [-0.25, -0.2) is 9.78 Å². The predicted octanol–water partition coefficient (Wildman–Crippen LogP) is 0.825. The summed E-state index contributed by atoms with van der Waals surface area (Å²) >= 11 is 0. The van der Waals surface area contributed by atoms with Crippen LogP contribution in [0, 0.1) is 0 Å². The number of rotatable bonds is 5. The van der Waals surface area contributed by atoms with Gasteiger partial charge >= 0.3 is 5.97 Å². The van der Waals surface area contributed by atoms with Crippen LogP contribution in [-0.2, 0) is 4.74 Å². The van der Waals surface area contributed by atoms with Crippen LogP contribution in [0.15, 0.2) is 12.4 Å². The van der Waals surface area contributed by atoms with Crippen molar-refractivity contribution in [1.29, 1.82) is 0 Å². The highest BCUT2D eigenvalue weighted by molar-refractivity contribution is 5.86. The van der Waals surface area contributed by atoms with Gasteiger partial charge in [-0.15, -0.1) is 0 Å². The Bertz CT molecular complexity index is 428. The van der Waals surface area contributed by atoms with Gasteiger partial charge in [0, 0.05) is 25.3 Å². The Kier molecular flexibility index (Phi) is 5.43. The Hall–Kier alpha value is -1.53. The molecule has 0 atom stereocenters. The maximum absolute atomic E-state index is 11.3. The molecule has 1 aromatic heterocycles. The summed E-state index contributed by atoms with van der Waals surface area (Å²) in [5.74, 6) is -0.0533. The number of aliphatic hydroxyl groups is 1. The van der Waals surface area contributed by atoms with Gasteiger partial charge in [0.2, 0.25) is 0 Å². The fraction of sp³-hybridized carbons (Fsp3) is 0.643. The fourth-order valence-corrected chi connectivity index (χ4v) is 2.51. The first-order chi connectivity index (χ1) is 9.74. The van der Waals surface area contributed by atoms with E-state index in [1.54, 1.807) is 6.20 Å². The molecule has 1 aliphatic rings. The third-order valence-electron chi connectivity index (χ3n) is 3.70. The molecule has 0 unspecified atom stereocenters. The first-order valence-corrected chi connectivity index (χ1v) is 6.98. The van der Waals surface area contributed by atoms with Crippen LogP contribution in [0.4, 0.5) is 0 Å². The molecule has 0 spiro atoms. The molecule has 6 nitrogen and oxygen atoms in total. The van der Waals surface area contributed by atoms with Gasteiger partial charge in [0.05, 0.1) is 19.0 Å². The number of ether oxygens (including phenoxy) is 1. The quantitative estimate of drug-likeness (QED) is 0.804. The van der Waals surface area contributed by atoms with E-state index in [1.165, 1.54) is 13.3 Å². The molecule has 0 aromatic carbocycles. The summed E-state index contributed by atoms with van der Waals surface area (Å²) in [6, 6.07) is 0. The number of aromatic nitrogens is 2. The fourth-order valence-electron chi connectivity index (χ4n) is 2.51. The predicted molar refractivity (Wildman–Crippen MR) is 73.5 cm³/mol. The number of aliphatic hydroxyl groups excluding tert-OH is 1. The Morgan fingerprint density at radius 3 is 2.70 bits per heavy atom. The average molecular weight is 279 g/mol. The topological polar surface area (TPSA) is 75.5 Å². The van der Waals surface area contributed by atoms with E-state index < -0.39 is 5.97 Å². The summed E-state index contributed by atoms with van der Waals surface area (Å²) in [6.45, 7) is 3.24. The Morgan fingerprint density at radius 1 is 1.40 bits per heavy atom. The van der Waals surface area contributed by atoms with Gasteiger partial charge in [-0.1, -0.05) is 0 Å². The van der Waals surface area contributed by atoms with Crippen molar-refractivity contribution < 1.29 is 14.6 Å². The number of esters is 1. The van der Waals surface area contributed by atoms with Crippen LogP contribution in [-0.4, -0.2) is 59.3 Å². The molecule has 2 rings (SSSR count). The molecule has 2 heterocycles. The lowest BCUT2D eigenvalue weighted by Gasteiger charge is -2.31. The van der Waals surface area contributed by atoms with Crippen molar-refractivity contribution in [1.82, 2.24) is 14.9 Å². The van der Waals surface area contributed by atoms with E-state index in [2.05, 4.69) is 19.6 Å². The zero-order chi connectivity index (χ0) is 14.4. The minimum atomic E-state index is -0.456. The Labute approximate surface area is 118 Å². The molecule has 1 N–H and O–H groups in total. The summed E-state index contributed by atoms with van der Waals surface area (Å²) in [6.07, 6.45) is 6.08. The molecule has 0 bridgehead atoms. The van der Waals surface area contributed by atoms with E-state index in [0.717, 1.165) is 44.6 Å². The molecular formula is C14H21N3O3. The molecule has 0 saturated carbocycles. The van der Waals surface area contributed by atoms with Gasteiger partial charge < -0.3 is 14.7 Å². The minimum Gasteiger partial charge on any atom is -0.464 e. The molecular weight excluding hydrogens is 258 g/mol. The van der Waals surface area contributed by atoms with Crippen LogP contribution >= 0.6 is 0 Å². The highest BCUT2D eigenvalue weighted by Gasteiger charge is 2.21. The van der Waals surface area contributed by atoms with Crippen molar-refractivity contribution in [2.75, 3.05) is 33.4 Å². The van der Waals surface area contributed by atoms with Gasteiger partial charge in [0.1, 0.15) is 0 Å². The summed E-state index contributed by atoms with van der Waals surface area (Å²) < 4.78 is 4.60. The van der Waals surface area contributed by atoms with Crippen molar-refractivity contribution in [3.8, 4) is 0 Å². The second-order valence-electron chi connectivity index (χ2n) is 5.01. The summed E-state index contributed by atoms with van der Waals surface area (Å²) in [4.78, 5) is 22.1. The number of nitrogens with zero attached hydrogens (tertiary/aromatic N) is 3. The van der Waals surface area contributed by atoms with E-state index in [-0.39, 0.29) is 12.3 Å². The second-order valence-corrected chi connectivity index (χ2v) is 5.01. The van der Waals surface area contributed by atoms with Crippen LogP contribution < -0.4 is 0 Å². The Balaban J connectivity index is 1.89. The van der Waals surface area contributed by atoms with Crippen LogP contribution in [0.5, 0.6) is 0 Å². The molecule has 1 fully saturated rings. The summed E-state index contributed by atoms with van der Waals surface area (Å²) in [5.41, 5.74) is 1.19. The van der Waals surface area contributed by atoms with Crippen LogP contribution in [0.3, 0.4) is 0 Å². The second kappa shape index (κ2) is 7.31. The number of carbonyl (C=O) groups excluding carboxylic acids is 1. The van der Waals surface area contributed by atoms with Crippen LogP contribution in [0.25, 0.3) is 0 Å². The minimum absolute atomic E-state index is 0.247. The molecule has 0 amide bonds. The van der Waals surface area contributed by atoms with Crippen molar-refractivity contribution in [3.63, 3.8) is 0 Å². The standard InChI is InChI=1S/C14H21N3O3/c1-20-14(19)13-10-15-12(9-16-13)11-3-6-17(7-4-11)5-2-8-18/h9-11,18H,2-8H2,1H3. The molecule has 1 aliphatic heterocycles. The van der Waals surface area contributed by atoms with Gasteiger partial charge in [-0.2, -0.15) is 0 Å². The molecule has 110 valence electrons. The summed E-state index contributed by atoms with van der Waals surface area (Å²) in [7, 11) is 1.33.